The largest absolute Gasteiger partial charge is 0.304 e. The van der Waals surface area contributed by atoms with Crippen molar-refractivity contribution in [2.45, 2.75) is 23.9 Å². The van der Waals surface area contributed by atoms with E-state index in [0.717, 1.165) is 10.0 Å². The van der Waals surface area contributed by atoms with Gasteiger partial charge in [0.2, 0.25) is 5.95 Å². The minimum absolute atomic E-state index is 0.00867. The molecule has 0 N–H and O–H groups in total. The molecule has 190 valence electrons. The number of aromatic nitrogens is 2. The number of piperazine rings is 1. The minimum Gasteiger partial charge on any atom is -0.304 e. The Morgan fingerprint density at radius 1 is 1.03 bits per heavy atom. The Morgan fingerprint density at radius 3 is 2.25 bits per heavy atom. The second-order valence-corrected chi connectivity index (χ2v) is 13.0. The molecule has 12 heteroatoms. The van der Waals surface area contributed by atoms with Crippen LogP contribution in [0.25, 0.3) is 0 Å². The fraction of sp³-hybridized carbons (Fsp3) is 0.333. The number of imidazole rings is 1. The smallest absolute Gasteiger partial charge is 0.260 e. The van der Waals surface area contributed by atoms with Crippen molar-refractivity contribution >= 4 is 66.7 Å². The van der Waals surface area contributed by atoms with Crippen molar-refractivity contribution < 1.29 is 13.2 Å². The molecule has 5 rings (SSSR count). The first-order chi connectivity index (χ1) is 17.0. The normalized spacial score (nSPS) is 21.2. The highest BCUT2D eigenvalue weighted by molar-refractivity contribution is 9.10. The molecular formula is C24H24BrCl2N5O3S. The molecule has 8 nitrogen and oxygen atoms in total. The van der Waals surface area contributed by atoms with Gasteiger partial charge in [-0.05, 0) is 49.9 Å². The highest BCUT2D eigenvalue weighted by Gasteiger charge is 2.52. The van der Waals surface area contributed by atoms with Crippen molar-refractivity contribution in [3.63, 3.8) is 0 Å². The molecule has 3 aromatic rings. The standard InChI is InChI=1S/C24H24BrCl2N5O3S/c1-24(14-16-3-5-17(25)6-4-16)22(33)31(20-12-18(26)11-19(27)13-20)23-28-15-21(32(23)24)36(34,35)30-9-7-29(2)8-10-30/h3-6,11-13,15H,7-10,14H2,1-2H3/t24-/m1/s1. The molecule has 2 aliphatic heterocycles. The predicted octanol–water partition coefficient (Wildman–Crippen LogP) is 4.52. The van der Waals surface area contributed by atoms with E-state index in [9.17, 15) is 13.2 Å². The van der Waals surface area contributed by atoms with Crippen LogP contribution in [0.5, 0.6) is 0 Å². The third-order valence-corrected chi connectivity index (χ3v) is 9.53. The first-order valence-electron chi connectivity index (χ1n) is 11.3. The van der Waals surface area contributed by atoms with Gasteiger partial charge in [0, 0.05) is 47.1 Å². The number of likely N-dealkylation sites (N-methyl/N-ethyl adjacent to an activating group) is 1. The summed E-state index contributed by atoms with van der Waals surface area (Å²) in [6.07, 6.45) is 1.60. The van der Waals surface area contributed by atoms with Gasteiger partial charge in [0.25, 0.3) is 15.9 Å². The van der Waals surface area contributed by atoms with E-state index in [0.29, 0.717) is 41.9 Å². The Bertz CT molecular complexity index is 1420. The highest BCUT2D eigenvalue weighted by Crippen LogP contribution is 2.44. The van der Waals surface area contributed by atoms with E-state index in [-0.39, 0.29) is 23.3 Å². The summed E-state index contributed by atoms with van der Waals surface area (Å²) in [6, 6.07) is 12.4. The van der Waals surface area contributed by atoms with E-state index in [1.807, 2.05) is 31.3 Å². The van der Waals surface area contributed by atoms with Crippen LogP contribution >= 0.6 is 39.1 Å². The highest BCUT2D eigenvalue weighted by atomic mass is 79.9. The number of halogens is 3. The molecule has 1 fully saturated rings. The number of nitrogens with zero attached hydrogens (tertiary/aromatic N) is 5. The lowest BCUT2D eigenvalue weighted by Crippen LogP contribution is -2.48. The molecule has 0 spiro atoms. The molecule has 3 heterocycles. The summed E-state index contributed by atoms with van der Waals surface area (Å²) in [6.45, 7) is 3.73. The Labute approximate surface area is 228 Å². The van der Waals surface area contributed by atoms with Crippen molar-refractivity contribution in [2.75, 3.05) is 38.1 Å². The van der Waals surface area contributed by atoms with Crippen LogP contribution in [-0.4, -0.2) is 66.3 Å². The zero-order chi connectivity index (χ0) is 25.8. The number of carbonyl (C=O) groups excluding carboxylic acids is 1. The summed E-state index contributed by atoms with van der Waals surface area (Å²) in [5.41, 5.74) is 0.0405. The maximum absolute atomic E-state index is 14.1. The van der Waals surface area contributed by atoms with Gasteiger partial charge in [-0.15, -0.1) is 0 Å². The zero-order valence-electron chi connectivity index (χ0n) is 19.7. The monoisotopic (exact) mass is 611 g/mol. The van der Waals surface area contributed by atoms with Crippen LogP contribution in [0.15, 0.2) is 58.2 Å². The second-order valence-electron chi connectivity index (χ2n) is 9.28. The molecule has 1 amide bonds. The van der Waals surface area contributed by atoms with Gasteiger partial charge >= 0.3 is 0 Å². The number of amides is 1. The lowest BCUT2D eigenvalue weighted by atomic mass is 9.92. The van der Waals surface area contributed by atoms with Gasteiger partial charge in [-0.3, -0.25) is 9.36 Å². The molecule has 0 saturated carbocycles. The fourth-order valence-electron chi connectivity index (χ4n) is 4.77. The summed E-state index contributed by atoms with van der Waals surface area (Å²) in [5, 5.41) is 0.705. The second kappa shape index (κ2) is 9.41. The first kappa shape index (κ1) is 25.7. The number of benzene rings is 2. The van der Waals surface area contributed by atoms with Crippen LogP contribution in [0, 0.1) is 0 Å². The molecular weight excluding hydrogens is 589 g/mol. The van der Waals surface area contributed by atoms with Crippen molar-refractivity contribution in [1.82, 2.24) is 18.8 Å². The van der Waals surface area contributed by atoms with E-state index >= 15 is 0 Å². The van der Waals surface area contributed by atoms with Crippen LogP contribution in [0.1, 0.15) is 12.5 Å². The Morgan fingerprint density at radius 2 is 1.64 bits per heavy atom. The maximum Gasteiger partial charge on any atom is 0.260 e. The minimum atomic E-state index is -3.91. The SMILES string of the molecule is CN1CCN(S(=O)(=O)c2cnc3n2[C@](C)(Cc2ccc(Br)cc2)C(=O)N3c2cc(Cl)cc(Cl)c2)CC1. The maximum atomic E-state index is 14.1. The van der Waals surface area contributed by atoms with Gasteiger partial charge < -0.3 is 4.90 Å². The molecule has 36 heavy (non-hydrogen) atoms. The summed E-state index contributed by atoms with van der Waals surface area (Å²) < 4.78 is 31.6. The summed E-state index contributed by atoms with van der Waals surface area (Å²) in [4.78, 5) is 22.0. The molecule has 1 saturated heterocycles. The number of carbonyl (C=O) groups is 1. The number of hydrogen-bond acceptors (Lipinski definition) is 5. The summed E-state index contributed by atoms with van der Waals surface area (Å²) in [5.74, 6) is -0.104. The summed E-state index contributed by atoms with van der Waals surface area (Å²) >= 11 is 15.9. The molecule has 2 aliphatic rings. The quantitative estimate of drug-likeness (QED) is 0.423. The van der Waals surface area contributed by atoms with Gasteiger partial charge in [-0.1, -0.05) is 51.3 Å². The Balaban J connectivity index is 1.66. The number of hydrogen-bond donors (Lipinski definition) is 0. The number of rotatable bonds is 5. The zero-order valence-corrected chi connectivity index (χ0v) is 23.6. The van der Waals surface area contributed by atoms with Gasteiger partial charge in [0.1, 0.15) is 5.54 Å². The van der Waals surface area contributed by atoms with E-state index in [1.165, 1.54) is 15.4 Å². The van der Waals surface area contributed by atoms with E-state index in [4.69, 9.17) is 23.2 Å². The molecule has 1 aromatic heterocycles. The lowest BCUT2D eigenvalue weighted by molar-refractivity contribution is -0.124. The molecule has 0 unspecified atom stereocenters. The molecule has 0 radical (unpaired) electrons. The van der Waals surface area contributed by atoms with Gasteiger partial charge in [-0.25, -0.2) is 18.3 Å². The fourth-order valence-corrected chi connectivity index (χ4v) is 7.16. The van der Waals surface area contributed by atoms with Crippen molar-refractivity contribution in [1.29, 1.82) is 0 Å². The Hall–Kier alpha value is -1.95. The van der Waals surface area contributed by atoms with Crippen molar-refractivity contribution in [2.24, 2.45) is 0 Å². The Kier molecular flexibility index (Phi) is 6.72. The number of fused-ring (bicyclic) bond motifs is 1. The van der Waals surface area contributed by atoms with Crippen LogP contribution in [-0.2, 0) is 26.8 Å². The van der Waals surface area contributed by atoms with E-state index in [2.05, 4.69) is 25.8 Å². The van der Waals surface area contributed by atoms with Crippen LogP contribution in [0.4, 0.5) is 11.6 Å². The summed E-state index contributed by atoms with van der Waals surface area (Å²) in [7, 11) is -1.95. The number of sulfonamides is 1. The van der Waals surface area contributed by atoms with Crippen molar-refractivity contribution in [3.8, 4) is 0 Å². The molecule has 0 bridgehead atoms. The van der Waals surface area contributed by atoms with Crippen LogP contribution in [0.3, 0.4) is 0 Å². The molecule has 1 atom stereocenters. The van der Waals surface area contributed by atoms with Crippen LogP contribution in [0.2, 0.25) is 10.0 Å². The third-order valence-electron chi connectivity index (χ3n) is 6.70. The van der Waals surface area contributed by atoms with E-state index < -0.39 is 15.6 Å². The van der Waals surface area contributed by atoms with Crippen LogP contribution < -0.4 is 4.90 Å². The van der Waals surface area contributed by atoms with Gasteiger partial charge in [0.15, 0.2) is 5.03 Å². The van der Waals surface area contributed by atoms with Gasteiger partial charge in [-0.2, -0.15) is 4.31 Å². The lowest BCUT2D eigenvalue weighted by Gasteiger charge is -2.33. The van der Waals surface area contributed by atoms with Gasteiger partial charge in [0.05, 0.1) is 11.9 Å². The average molecular weight is 613 g/mol. The average Bonchev–Trinajstić information content (AvgIpc) is 3.34. The number of anilines is 2. The topological polar surface area (TPSA) is 78.8 Å². The third kappa shape index (κ3) is 4.37. The predicted molar refractivity (Wildman–Crippen MR) is 144 cm³/mol. The van der Waals surface area contributed by atoms with E-state index in [1.54, 1.807) is 29.7 Å². The van der Waals surface area contributed by atoms with Crippen molar-refractivity contribution in [3.05, 3.63) is 68.7 Å². The molecule has 0 aliphatic carbocycles. The first-order valence-corrected chi connectivity index (χ1v) is 14.3. The molecule has 2 aromatic carbocycles.